The third-order valence-electron chi connectivity index (χ3n) is 2.82. The highest BCUT2D eigenvalue weighted by Gasteiger charge is 2.24. The van der Waals surface area contributed by atoms with Crippen LogP contribution in [-0.4, -0.2) is 50.1 Å². The van der Waals surface area contributed by atoms with Gasteiger partial charge in [-0.3, -0.25) is 4.79 Å². The van der Waals surface area contributed by atoms with E-state index in [2.05, 4.69) is 5.32 Å². The summed E-state index contributed by atoms with van der Waals surface area (Å²) in [7, 11) is -3.52. The van der Waals surface area contributed by atoms with Crippen LogP contribution < -0.4 is 11.1 Å². The molecule has 0 fully saturated rings. The molecule has 1 unspecified atom stereocenters. The van der Waals surface area contributed by atoms with E-state index in [0.717, 1.165) is 6.42 Å². The molecule has 0 aromatic carbocycles. The Morgan fingerprint density at radius 3 is 2.10 bits per heavy atom. The number of rotatable bonds is 9. The Kier molecular flexibility index (Phi) is 11.4. The second-order valence-corrected chi connectivity index (χ2v) is 6.94. The van der Waals surface area contributed by atoms with Crippen LogP contribution in [0.5, 0.6) is 0 Å². The number of nitrogens with two attached hydrogens (primary N) is 1. The molecule has 0 rings (SSSR count). The molecule has 0 aliphatic rings. The van der Waals surface area contributed by atoms with Gasteiger partial charge in [-0.05, 0) is 12.3 Å². The predicted molar refractivity (Wildman–Crippen MR) is 84.4 cm³/mol. The van der Waals surface area contributed by atoms with E-state index in [4.69, 9.17) is 5.73 Å². The summed E-state index contributed by atoms with van der Waals surface area (Å²) in [5.74, 6) is -0.597. The number of hydrogen-bond donors (Lipinski definition) is 2. The lowest BCUT2D eigenvalue weighted by molar-refractivity contribution is -0.119. The van der Waals surface area contributed by atoms with Crippen LogP contribution in [0.1, 0.15) is 34.1 Å². The zero-order valence-electron chi connectivity index (χ0n) is 12.8. The second kappa shape index (κ2) is 10.4. The van der Waals surface area contributed by atoms with Crippen molar-refractivity contribution in [3.63, 3.8) is 0 Å². The van der Waals surface area contributed by atoms with Gasteiger partial charge in [0.15, 0.2) is 0 Å². The molecule has 3 N–H and O–H groups in total. The number of halogens is 1. The van der Waals surface area contributed by atoms with Gasteiger partial charge in [0.25, 0.3) is 0 Å². The summed E-state index contributed by atoms with van der Waals surface area (Å²) < 4.78 is 25.1. The molecule has 0 bridgehead atoms. The van der Waals surface area contributed by atoms with Crippen LogP contribution in [0.2, 0.25) is 0 Å². The van der Waals surface area contributed by atoms with Crippen LogP contribution >= 0.6 is 12.4 Å². The predicted octanol–water partition coefficient (Wildman–Crippen LogP) is 0.569. The minimum atomic E-state index is -3.52. The Labute approximate surface area is 128 Å². The number of amides is 1. The van der Waals surface area contributed by atoms with Crippen molar-refractivity contribution in [2.45, 2.75) is 40.2 Å². The Hall–Kier alpha value is -0.370. The van der Waals surface area contributed by atoms with Gasteiger partial charge in [-0.1, -0.05) is 27.7 Å². The zero-order valence-corrected chi connectivity index (χ0v) is 14.4. The van der Waals surface area contributed by atoms with Crippen molar-refractivity contribution in [1.29, 1.82) is 0 Å². The highest BCUT2D eigenvalue weighted by molar-refractivity contribution is 7.89. The lowest BCUT2D eigenvalue weighted by atomic mass is 10.0. The molecule has 0 radical (unpaired) electrons. The maximum absolute atomic E-state index is 11.9. The Bertz CT molecular complexity index is 370. The fourth-order valence-corrected chi connectivity index (χ4v) is 3.31. The number of nitrogens with one attached hydrogen (secondary N) is 1. The normalized spacial score (nSPS) is 13.2. The molecule has 0 aromatic rings. The first kappa shape index (κ1) is 21.9. The molecule has 20 heavy (non-hydrogen) atoms. The van der Waals surface area contributed by atoms with E-state index in [1.54, 1.807) is 13.8 Å². The number of sulfonamides is 1. The second-order valence-electron chi connectivity index (χ2n) is 4.97. The lowest BCUT2D eigenvalue weighted by Crippen LogP contribution is -2.45. The molecule has 6 nitrogen and oxygen atoms in total. The van der Waals surface area contributed by atoms with E-state index in [-0.39, 0.29) is 18.4 Å². The lowest BCUT2D eigenvalue weighted by Gasteiger charge is -2.21. The topological polar surface area (TPSA) is 92.5 Å². The molecule has 0 saturated carbocycles. The third-order valence-corrected chi connectivity index (χ3v) is 4.75. The minimum Gasteiger partial charge on any atom is -0.351 e. The monoisotopic (exact) mass is 329 g/mol. The summed E-state index contributed by atoms with van der Waals surface area (Å²) in [4.78, 5) is 11.8. The van der Waals surface area contributed by atoms with Crippen molar-refractivity contribution in [2.24, 2.45) is 11.7 Å². The largest absolute Gasteiger partial charge is 0.351 e. The molecular formula is C12H28ClN3O3S. The van der Waals surface area contributed by atoms with Gasteiger partial charge in [0.1, 0.15) is 5.75 Å². The Morgan fingerprint density at radius 1 is 1.25 bits per heavy atom. The van der Waals surface area contributed by atoms with Gasteiger partial charge >= 0.3 is 0 Å². The average Bonchev–Trinajstić information content (AvgIpc) is 2.27. The number of nitrogens with zero attached hydrogens (tertiary/aromatic N) is 1. The van der Waals surface area contributed by atoms with E-state index in [1.807, 2.05) is 13.8 Å². The van der Waals surface area contributed by atoms with Crippen LogP contribution in [0.25, 0.3) is 0 Å². The van der Waals surface area contributed by atoms with Gasteiger partial charge in [0, 0.05) is 25.7 Å². The maximum atomic E-state index is 11.9. The quantitative estimate of drug-likeness (QED) is 0.647. The molecule has 1 atom stereocenters. The van der Waals surface area contributed by atoms with Gasteiger partial charge < -0.3 is 11.1 Å². The SMILES string of the molecule is CCN(CC)S(=O)(=O)CC(=O)NC(CN)CC(C)C.Cl. The summed E-state index contributed by atoms with van der Waals surface area (Å²) in [5.41, 5.74) is 5.57. The molecule has 122 valence electrons. The van der Waals surface area contributed by atoms with Gasteiger partial charge in [-0.2, -0.15) is 0 Å². The van der Waals surface area contributed by atoms with Crippen LogP contribution in [0, 0.1) is 5.92 Å². The first-order valence-corrected chi connectivity index (χ1v) is 8.34. The van der Waals surface area contributed by atoms with Gasteiger partial charge in [-0.25, -0.2) is 12.7 Å². The summed E-state index contributed by atoms with van der Waals surface area (Å²) in [6, 6.07) is -0.167. The van der Waals surface area contributed by atoms with Gasteiger partial charge in [0.2, 0.25) is 15.9 Å². The molecule has 0 aliphatic heterocycles. The van der Waals surface area contributed by atoms with Gasteiger partial charge in [0.05, 0.1) is 0 Å². The fourth-order valence-electron chi connectivity index (χ4n) is 1.93. The zero-order chi connectivity index (χ0) is 15.1. The molecule has 1 amide bonds. The van der Waals surface area contributed by atoms with Gasteiger partial charge in [-0.15, -0.1) is 12.4 Å². The van der Waals surface area contributed by atoms with Crippen molar-refractivity contribution in [1.82, 2.24) is 9.62 Å². The number of carbonyl (C=O) groups excluding carboxylic acids is 1. The maximum Gasteiger partial charge on any atom is 0.236 e. The summed E-state index contributed by atoms with van der Waals surface area (Å²) >= 11 is 0. The van der Waals surface area contributed by atoms with Crippen LogP contribution in [0.4, 0.5) is 0 Å². The smallest absolute Gasteiger partial charge is 0.236 e. The molecule has 8 heteroatoms. The van der Waals surface area contributed by atoms with E-state index >= 15 is 0 Å². The first-order chi connectivity index (χ1) is 8.76. The summed E-state index contributed by atoms with van der Waals surface area (Å²) in [6.07, 6.45) is 0.744. The van der Waals surface area contributed by atoms with Crippen molar-refractivity contribution in [3.8, 4) is 0 Å². The molecule has 0 heterocycles. The highest BCUT2D eigenvalue weighted by atomic mass is 35.5. The van der Waals surface area contributed by atoms with Crippen molar-refractivity contribution in [3.05, 3.63) is 0 Å². The summed E-state index contributed by atoms with van der Waals surface area (Å²) in [6.45, 7) is 8.62. The fraction of sp³-hybridized carbons (Fsp3) is 0.917. The summed E-state index contributed by atoms with van der Waals surface area (Å²) in [5, 5.41) is 2.69. The average molecular weight is 330 g/mol. The van der Waals surface area contributed by atoms with E-state index in [1.165, 1.54) is 4.31 Å². The van der Waals surface area contributed by atoms with Crippen LogP contribution in [0.3, 0.4) is 0 Å². The third kappa shape index (κ3) is 8.04. The van der Waals surface area contributed by atoms with Crippen LogP contribution in [0.15, 0.2) is 0 Å². The van der Waals surface area contributed by atoms with Crippen molar-refractivity contribution >= 4 is 28.3 Å². The minimum absolute atomic E-state index is 0. The molecule has 0 aliphatic carbocycles. The molecule has 0 aromatic heterocycles. The molecule has 0 spiro atoms. The van der Waals surface area contributed by atoms with E-state index in [0.29, 0.717) is 25.6 Å². The van der Waals surface area contributed by atoms with Crippen molar-refractivity contribution < 1.29 is 13.2 Å². The van der Waals surface area contributed by atoms with E-state index < -0.39 is 21.7 Å². The Balaban J connectivity index is 0. The van der Waals surface area contributed by atoms with E-state index in [9.17, 15) is 13.2 Å². The highest BCUT2D eigenvalue weighted by Crippen LogP contribution is 2.05. The van der Waals surface area contributed by atoms with Crippen LogP contribution in [-0.2, 0) is 14.8 Å². The molecule has 0 saturated heterocycles. The standard InChI is InChI=1S/C12H27N3O3S.ClH/c1-5-15(6-2)19(17,18)9-12(16)14-11(8-13)7-10(3)4;/h10-11H,5-9,13H2,1-4H3,(H,14,16);1H. The van der Waals surface area contributed by atoms with Crippen molar-refractivity contribution in [2.75, 3.05) is 25.4 Å². The first-order valence-electron chi connectivity index (χ1n) is 6.74. The number of carbonyl (C=O) groups is 1. The number of hydrogen-bond acceptors (Lipinski definition) is 4. The Morgan fingerprint density at radius 2 is 1.75 bits per heavy atom. The molecular weight excluding hydrogens is 302 g/mol.